The molecule has 0 aromatic carbocycles. The topological polar surface area (TPSA) is 52.7 Å². The summed E-state index contributed by atoms with van der Waals surface area (Å²) in [6, 6.07) is 0. The SMILES string of the molecule is CNC(=O)CN1CCCN(C(=O)CC(C2CCC2)C2CCC2)CC1. The first-order valence-electron chi connectivity index (χ1n) is 9.88. The maximum atomic E-state index is 12.9. The van der Waals surface area contributed by atoms with Crippen LogP contribution in [0.25, 0.3) is 0 Å². The van der Waals surface area contributed by atoms with Gasteiger partial charge in [-0.3, -0.25) is 14.5 Å². The summed E-state index contributed by atoms with van der Waals surface area (Å²) in [5.74, 6) is 2.70. The van der Waals surface area contributed by atoms with Crippen LogP contribution in [0.5, 0.6) is 0 Å². The molecule has 0 aromatic rings. The normalized spacial score (nSPS) is 23.5. The van der Waals surface area contributed by atoms with Gasteiger partial charge < -0.3 is 10.2 Å². The predicted molar refractivity (Wildman–Crippen MR) is 94.5 cm³/mol. The summed E-state index contributed by atoms with van der Waals surface area (Å²) in [4.78, 5) is 28.6. The number of nitrogens with one attached hydrogen (secondary N) is 1. The smallest absolute Gasteiger partial charge is 0.233 e. The highest BCUT2D eigenvalue weighted by atomic mass is 16.2. The Morgan fingerprint density at radius 2 is 1.62 bits per heavy atom. The molecule has 0 unspecified atom stereocenters. The van der Waals surface area contributed by atoms with Crippen molar-refractivity contribution in [2.24, 2.45) is 17.8 Å². The lowest BCUT2D eigenvalue weighted by molar-refractivity contribution is -0.134. The average Bonchev–Trinajstić information content (AvgIpc) is 2.69. The molecule has 0 aromatic heterocycles. The Morgan fingerprint density at radius 1 is 0.958 bits per heavy atom. The van der Waals surface area contributed by atoms with Crippen molar-refractivity contribution in [3.05, 3.63) is 0 Å². The molecule has 24 heavy (non-hydrogen) atoms. The van der Waals surface area contributed by atoms with E-state index in [4.69, 9.17) is 0 Å². The van der Waals surface area contributed by atoms with Gasteiger partial charge in [-0.2, -0.15) is 0 Å². The van der Waals surface area contributed by atoms with Gasteiger partial charge in [-0.05, 0) is 24.2 Å². The highest BCUT2D eigenvalue weighted by molar-refractivity contribution is 5.78. The van der Waals surface area contributed by atoms with Crippen LogP contribution >= 0.6 is 0 Å². The third kappa shape index (κ3) is 4.29. The average molecular weight is 335 g/mol. The Labute approximate surface area is 146 Å². The van der Waals surface area contributed by atoms with Crippen molar-refractivity contribution in [2.75, 3.05) is 39.8 Å². The molecule has 0 spiro atoms. The van der Waals surface area contributed by atoms with Crippen LogP contribution in [0.3, 0.4) is 0 Å². The summed E-state index contributed by atoms with van der Waals surface area (Å²) in [6.07, 6.45) is 9.83. The number of rotatable bonds is 6. The van der Waals surface area contributed by atoms with E-state index in [0.29, 0.717) is 18.4 Å². The standard InChI is InChI=1S/C19H33N3O2/c1-20-18(23)14-21-9-4-10-22(12-11-21)19(24)13-17(15-5-2-6-15)16-7-3-8-16/h15-17H,2-14H2,1H3,(H,20,23). The van der Waals surface area contributed by atoms with E-state index in [-0.39, 0.29) is 5.91 Å². The monoisotopic (exact) mass is 335 g/mol. The van der Waals surface area contributed by atoms with E-state index in [9.17, 15) is 9.59 Å². The van der Waals surface area contributed by atoms with Crippen molar-refractivity contribution in [1.82, 2.24) is 15.1 Å². The molecule has 3 rings (SSSR count). The Hall–Kier alpha value is -1.10. The quantitative estimate of drug-likeness (QED) is 0.806. The van der Waals surface area contributed by atoms with Crippen LogP contribution in [0.4, 0.5) is 0 Å². The number of carbonyl (C=O) groups excluding carboxylic acids is 2. The first-order valence-corrected chi connectivity index (χ1v) is 9.88. The van der Waals surface area contributed by atoms with Gasteiger partial charge in [-0.1, -0.05) is 38.5 Å². The zero-order valence-electron chi connectivity index (χ0n) is 15.1. The molecule has 2 aliphatic carbocycles. The third-order valence-corrected chi connectivity index (χ3v) is 6.51. The lowest BCUT2D eigenvalue weighted by Gasteiger charge is -2.43. The van der Waals surface area contributed by atoms with Crippen molar-refractivity contribution in [2.45, 2.75) is 51.4 Å². The summed E-state index contributed by atoms with van der Waals surface area (Å²) >= 11 is 0. The molecule has 136 valence electrons. The van der Waals surface area contributed by atoms with Gasteiger partial charge >= 0.3 is 0 Å². The zero-order chi connectivity index (χ0) is 16.9. The molecule has 1 saturated heterocycles. The highest BCUT2D eigenvalue weighted by Crippen LogP contribution is 2.46. The summed E-state index contributed by atoms with van der Waals surface area (Å²) in [7, 11) is 1.68. The van der Waals surface area contributed by atoms with E-state index < -0.39 is 0 Å². The molecule has 1 heterocycles. The molecule has 5 nitrogen and oxygen atoms in total. The fourth-order valence-electron chi connectivity index (χ4n) is 4.45. The first-order chi connectivity index (χ1) is 11.7. The largest absolute Gasteiger partial charge is 0.358 e. The number of nitrogens with zero attached hydrogens (tertiary/aromatic N) is 2. The van der Waals surface area contributed by atoms with E-state index in [1.807, 2.05) is 0 Å². The van der Waals surface area contributed by atoms with Gasteiger partial charge in [0.1, 0.15) is 0 Å². The van der Waals surface area contributed by atoms with Crippen LogP contribution in [0.15, 0.2) is 0 Å². The maximum Gasteiger partial charge on any atom is 0.233 e. The number of carbonyl (C=O) groups is 2. The van der Waals surface area contributed by atoms with Gasteiger partial charge in [-0.15, -0.1) is 0 Å². The molecule has 0 bridgehead atoms. The van der Waals surface area contributed by atoms with Crippen molar-refractivity contribution < 1.29 is 9.59 Å². The molecule has 1 aliphatic heterocycles. The van der Waals surface area contributed by atoms with E-state index in [1.54, 1.807) is 7.05 Å². The molecule has 2 amide bonds. The Morgan fingerprint density at radius 3 is 2.17 bits per heavy atom. The van der Waals surface area contributed by atoms with Crippen LogP contribution in [0.1, 0.15) is 51.4 Å². The van der Waals surface area contributed by atoms with Crippen LogP contribution < -0.4 is 5.32 Å². The second-order valence-electron chi connectivity index (χ2n) is 7.93. The van der Waals surface area contributed by atoms with Gasteiger partial charge in [0.25, 0.3) is 0 Å². The summed E-state index contributed by atoms with van der Waals surface area (Å²) in [5.41, 5.74) is 0. The summed E-state index contributed by atoms with van der Waals surface area (Å²) in [6.45, 7) is 3.80. The van der Waals surface area contributed by atoms with Crippen molar-refractivity contribution in [3.8, 4) is 0 Å². The van der Waals surface area contributed by atoms with Crippen LogP contribution in [-0.2, 0) is 9.59 Å². The van der Waals surface area contributed by atoms with Crippen molar-refractivity contribution in [3.63, 3.8) is 0 Å². The molecular formula is C19H33N3O2. The second-order valence-corrected chi connectivity index (χ2v) is 7.93. The van der Waals surface area contributed by atoms with Crippen molar-refractivity contribution in [1.29, 1.82) is 0 Å². The van der Waals surface area contributed by atoms with Gasteiger partial charge in [0.05, 0.1) is 6.54 Å². The molecule has 2 saturated carbocycles. The lowest BCUT2D eigenvalue weighted by Crippen LogP contribution is -2.41. The van der Waals surface area contributed by atoms with E-state index in [1.165, 1.54) is 38.5 Å². The lowest BCUT2D eigenvalue weighted by atomic mass is 9.63. The molecule has 3 fully saturated rings. The Bertz CT molecular complexity index is 432. The third-order valence-electron chi connectivity index (χ3n) is 6.51. The maximum absolute atomic E-state index is 12.9. The van der Waals surface area contributed by atoms with E-state index in [2.05, 4.69) is 15.1 Å². The van der Waals surface area contributed by atoms with E-state index in [0.717, 1.165) is 50.9 Å². The predicted octanol–water partition coefficient (Wildman–Crippen LogP) is 1.87. The summed E-state index contributed by atoms with van der Waals surface area (Å²) < 4.78 is 0. The minimum absolute atomic E-state index is 0.0600. The molecule has 1 N–H and O–H groups in total. The molecule has 5 heteroatoms. The van der Waals surface area contributed by atoms with Gasteiger partial charge in [0.15, 0.2) is 0 Å². The van der Waals surface area contributed by atoms with Crippen LogP contribution in [0, 0.1) is 17.8 Å². The molecular weight excluding hydrogens is 302 g/mol. The van der Waals surface area contributed by atoms with Gasteiger partial charge in [0, 0.05) is 39.6 Å². The number of likely N-dealkylation sites (N-methyl/N-ethyl adjacent to an activating group) is 1. The zero-order valence-corrected chi connectivity index (χ0v) is 15.1. The fraction of sp³-hybridized carbons (Fsp3) is 0.895. The van der Waals surface area contributed by atoms with E-state index >= 15 is 0 Å². The fourth-order valence-corrected chi connectivity index (χ4v) is 4.45. The second kappa shape index (κ2) is 8.32. The van der Waals surface area contributed by atoms with Crippen molar-refractivity contribution >= 4 is 11.8 Å². The molecule has 0 atom stereocenters. The first kappa shape index (κ1) is 17.7. The van der Waals surface area contributed by atoms with Gasteiger partial charge in [-0.25, -0.2) is 0 Å². The molecule has 0 radical (unpaired) electrons. The number of hydrogen-bond donors (Lipinski definition) is 1. The summed E-state index contributed by atoms with van der Waals surface area (Å²) in [5, 5.41) is 2.68. The number of amides is 2. The van der Waals surface area contributed by atoms with Gasteiger partial charge in [0.2, 0.25) is 11.8 Å². The highest BCUT2D eigenvalue weighted by Gasteiger charge is 2.38. The number of hydrogen-bond acceptors (Lipinski definition) is 3. The molecule has 3 aliphatic rings. The van der Waals surface area contributed by atoms with Crippen LogP contribution in [-0.4, -0.2) is 61.4 Å². The Kier molecular flexibility index (Phi) is 6.14. The minimum atomic E-state index is 0.0600. The Balaban J connectivity index is 1.49. The minimum Gasteiger partial charge on any atom is -0.358 e. The van der Waals surface area contributed by atoms with Crippen LogP contribution in [0.2, 0.25) is 0 Å².